The van der Waals surface area contributed by atoms with Crippen molar-refractivity contribution < 1.29 is 0 Å². The van der Waals surface area contributed by atoms with E-state index in [1.807, 2.05) is 0 Å². The molecule has 12 rings (SSSR count). The summed E-state index contributed by atoms with van der Waals surface area (Å²) in [5, 5.41) is 15.7. The Bertz CT molecular complexity index is 3250. The largest absolute Gasteiger partial charge is 0.0622 e. The van der Waals surface area contributed by atoms with Crippen molar-refractivity contribution in [1.29, 1.82) is 0 Å². The molecule has 0 atom stereocenters. The molecule has 0 aromatic heterocycles. The van der Waals surface area contributed by atoms with E-state index in [4.69, 9.17) is 0 Å². The third-order valence-electron chi connectivity index (χ3n) is 11.7. The minimum atomic E-state index is 1.25. The van der Waals surface area contributed by atoms with Crippen LogP contribution in [-0.4, -0.2) is 0 Å². The lowest BCUT2D eigenvalue weighted by molar-refractivity contribution is 1.65. The first kappa shape index (κ1) is 28.0. The molecule has 0 aliphatic heterocycles. The summed E-state index contributed by atoms with van der Waals surface area (Å²) in [6.45, 7) is 0. The summed E-state index contributed by atoms with van der Waals surface area (Å²) in [6.07, 6.45) is 0. The number of fused-ring (bicyclic) bond motifs is 6. The Morgan fingerprint density at radius 1 is 0.212 bits per heavy atom. The van der Waals surface area contributed by atoms with Gasteiger partial charge in [0, 0.05) is 0 Å². The number of rotatable bonds is 3. The Balaban J connectivity index is 1.22. The molecule has 0 bridgehead atoms. The third-order valence-corrected chi connectivity index (χ3v) is 11.7. The van der Waals surface area contributed by atoms with Crippen LogP contribution in [0.2, 0.25) is 0 Å². The van der Waals surface area contributed by atoms with Crippen LogP contribution in [-0.2, 0) is 0 Å². The average Bonchev–Trinajstić information content (AvgIpc) is 3.52. The van der Waals surface area contributed by atoms with Gasteiger partial charge >= 0.3 is 0 Å². The maximum Gasteiger partial charge on any atom is -0.00137 e. The molecular formula is C52H30. The van der Waals surface area contributed by atoms with Gasteiger partial charge in [-0.05, 0) is 145 Å². The molecule has 0 radical (unpaired) electrons. The second kappa shape index (κ2) is 10.4. The van der Waals surface area contributed by atoms with E-state index >= 15 is 0 Å². The third kappa shape index (κ3) is 3.71. The Labute approximate surface area is 301 Å². The number of hydrogen-bond acceptors (Lipinski definition) is 0. The second-order valence-electron chi connectivity index (χ2n) is 14.3. The summed E-state index contributed by atoms with van der Waals surface area (Å²) in [6, 6.07) is 67.9. The van der Waals surface area contributed by atoms with Gasteiger partial charge in [-0.25, -0.2) is 0 Å². The first-order valence-corrected chi connectivity index (χ1v) is 18.2. The second-order valence-corrected chi connectivity index (χ2v) is 14.3. The maximum atomic E-state index is 2.51. The lowest BCUT2D eigenvalue weighted by atomic mass is 9.84. The van der Waals surface area contributed by atoms with Crippen molar-refractivity contribution in [2.45, 2.75) is 0 Å². The van der Waals surface area contributed by atoms with Crippen LogP contribution >= 0.6 is 0 Å². The van der Waals surface area contributed by atoms with Gasteiger partial charge in [0.25, 0.3) is 0 Å². The molecule has 52 heavy (non-hydrogen) atoms. The summed E-state index contributed by atoms with van der Waals surface area (Å²) in [5.41, 5.74) is 13.0. The van der Waals surface area contributed by atoms with Crippen LogP contribution in [0.15, 0.2) is 182 Å². The Hall–Kier alpha value is -6.76. The van der Waals surface area contributed by atoms with Crippen molar-refractivity contribution in [3.63, 3.8) is 0 Å². The van der Waals surface area contributed by atoms with Gasteiger partial charge in [-0.1, -0.05) is 158 Å². The summed E-state index contributed by atoms with van der Waals surface area (Å²) < 4.78 is 0. The van der Waals surface area contributed by atoms with Crippen LogP contribution in [0.25, 0.3) is 120 Å². The van der Waals surface area contributed by atoms with Gasteiger partial charge in [-0.3, -0.25) is 0 Å². The Morgan fingerprint density at radius 2 is 0.731 bits per heavy atom. The summed E-state index contributed by atoms with van der Waals surface area (Å²) in [4.78, 5) is 0. The van der Waals surface area contributed by atoms with Gasteiger partial charge < -0.3 is 0 Å². The summed E-state index contributed by atoms with van der Waals surface area (Å²) in [5.74, 6) is 0. The highest BCUT2D eigenvalue weighted by molar-refractivity contribution is 6.35. The monoisotopic (exact) mass is 654 g/mol. The fraction of sp³-hybridized carbons (Fsp3) is 0. The van der Waals surface area contributed by atoms with E-state index in [1.54, 1.807) is 0 Å². The van der Waals surface area contributed by atoms with E-state index in [2.05, 4.69) is 182 Å². The van der Waals surface area contributed by atoms with Crippen molar-refractivity contribution in [3.8, 4) is 55.6 Å². The van der Waals surface area contributed by atoms with Gasteiger partial charge in [0.2, 0.25) is 0 Å². The first-order valence-electron chi connectivity index (χ1n) is 18.2. The normalized spacial score (nSPS) is 12.2. The molecule has 0 heterocycles. The molecule has 0 saturated heterocycles. The molecule has 0 unspecified atom stereocenters. The fourth-order valence-electron chi connectivity index (χ4n) is 9.56. The van der Waals surface area contributed by atoms with E-state index in [0.717, 1.165) is 0 Å². The lowest BCUT2D eigenvalue weighted by Gasteiger charge is -2.19. The fourth-order valence-corrected chi connectivity index (χ4v) is 9.56. The molecule has 238 valence electrons. The summed E-state index contributed by atoms with van der Waals surface area (Å²) >= 11 is 0. The van der Waals surface area contributed by atoms with E-state index in [1.165, 1.54) is 120 Å². The summed E-state index contributed by atoms with van der Waals surface area (Å²) in [7, 11) is 0. The van der Waals surface area contributed by atoms with Crippen molar-refractivity contribution in [1.82, 2.24) is 0 Å². The number of hydrogen-bond donors (Lipinski definition) is 0. The molecule has 1 aliphatic carbocycles. The van der Waals surface area contributed by atoms with Crippen molar-refractivity contribution in [3.05, 3.63) is 182 Å². The first-order chi connectivity index (χ1) is 25.8. The van der Waals surface area contributed by atoms with Crippen molar-refractivity contribution in [2.75, 3.05) is 0 Å². The smallest absolute Gasteiger partial charge is 0.00137 e. The standard InChI is InChI=1S/C52H30/c1-3-14-32(15-4-1)48-38-21-9-10-22-39(38)49(33-16-5-2-6-17-33)47-30-44-43(29-46(47)48)41-26-25-35-27-42(37-23-11-18-31-13-7-8-20-36(31)37)40-24-12-19-34-28-45(44)52(41)51(35)50(34)40/h1-30H. The van der Waals surface area contributed by atoms with Crippen molar-refractivity contribution >= 4 is 64.6 Å². The Kier molecular flexibility index (Phi) is 5.59. The van der Waals surface area contributed by atoms with Crippen LogP contribution in [0.1, 0.15) is 0 Å². The highest BCUT2D eigenvalue weighted by Gasteiger charge is 2.28. The predicted molar refractivity (Wildman–Crippen MR) is 223 cm³/mol. The molecular weight excluding hydrogens is 625 g/mol. The highest BCUT2D eigenvalue weighted by Crippen LogP contribution is 2.56. The molecule has 0 heteroatoms. The quantitative estimate of drug-likeness (QED) is 0.131. The molecule has 1 aliphatic rings. The zero-order valence-electron chi connectivity index (χ0n) is 28.3. The molecule has 11 aromatic rings. The van der Waals surface area contributed by atoms with Gasteiger partial charge in [0.15, 0.2) is 0 Å². The zero-order chi connectivity index (χ0) is 33.9. The van der Waals surface area contributed by atoms with Crippen LogP contribution in [0.3, 0.4) is 0 Å². The van der Waals surface area contributed by atoms with Crippen molar-refractivity contribution in [2.24, 2.45) is 0 Å². The van der Waals surface area contributed by atoms with Gasteiger partial charge in [0.05, 0.1) is 0 Å². The van der Waals surface area contributed by atoms with E-state index in [-0.39, 0.29) is 0 Å². The Morgan fingerprint density at radius 3 is 1.44 bits per heavy atom. The molecule has 11 aromatic carbocycles. The SMILES string of the molecule is c1ccc(-c2c3ccccc3c(-c3ccccc3)c3cc4c(cc23)-c2ccc3cc(-c5cccc6ccccc56)c5cccc6cc-4c2c3c65)cc1. The van der Waals surface area contributed by atoms with Crippen LogP contribution in [0, 0.1) is 0 Å². The minimum Gasteiger partial charge on any atom is -0.0622 e. The highest BCUT2D eigenvalue weighted by atomic mass is 14.3. The van der Waals surface area contributed by atoms with E-state index < -0.39 is 0 Å². The minimum absolute atomic E-state index is 1.25. The van der Waals surface area contributed by atoms with Crippen LogP contribution in [0.5, 0.6) is 0 Å². The zero-order valence-corrected chi connectivity index (χ0v) is 28.3. The van der Waals surface area contributed by atoms with Crippen LogP contribution < -0.4 is 0 Å². The van der Waals surface area contributed by atoms with Gasteiger partial charge in [0.1, 0.15) is 0 Å². The molecule has 0 N–H and O–H groups in total. The lowest BCUT2D eigenvalue weighted by Crippen LogP contribution is -1.92. The molecule has 0 saturated carbocycles. The molecule has 0 amide bonds. The molecule has 0 spiro atoms. The number of benzene rings is 11. The topological polar surface area (TPSA) is 0 Å². The molecule has 0 fully saturated rings. The predicted octanol–water partition coefficient (Wildman–Crippen LogP) is 14.7. The van der Waals surface area contributed by atoms with Gasteiger partial charge in [-0.2, -0.15) is 0 Å². The van der Waals surface area contributed by atoms with Crippen LogP contribution in [0.4, 0.5) is 0 Å². The molecule has 0 nitrogen and oxygen atoms in total. The van der Waals surface area contributed by atoms with Gasteiger partial charge in [-0.15, -0.1) is 0 Å². The maximum absolute atomic E-state index is 2.51. The van der Waals surface area contributed by atoms with E-state index in [9.17, 15) is 0 Å². The van der Waals surface area contributed by atoms with E-state index in [0.29, 0.717) is 0 Å². The average molecular weight is 655 g/mol.